The summed E-state index contributed by atoms with van der Waals surface area (Å²) in [4.78, 5) is 31.0. The molecule has 15 heavy (non-hydrogen) atoms. The Morgan fingerprint density at radius 2 is 1.53 bits per heavy atom. The van der Waals surface area contributed by atoms with Gasteiger partial charge in [0.15, 0.2) is 0 Å². The van der Waals surface area contributed by atoms with E-state index in [9.17, 15) is 19.5 Å². The molecular weight excluding hydrogens is 212 g/mol. The first-order chi connectivity index (χ1) is 6.21. The van der Waals surface area contributed by atoms with Gasteiger partial charge >= 0.3 is 17.9 Å². The van der Waals surface area contributed by atoms with Crippen molar-refractivity contribution in [2.45, 2.75) is 12.0 Å². The predicted molar refractivity (Wildman–Crippen MR) is 45.2 cm³/mol. The highest BCUT2D eigenvalue weighted by Gasteiger charge is 2.44. The van der Waals surface area contributed by atoms with E-state index in [-0.39, 0.29) is 5.48 Å². The summed E-state index contributed by atoms with van der Waals surface area (Å²) in [5.74, 6) is -5.37. The zero-order valence-electron chi connectivity index (χ0n) is 7.43. The van der Waals surface area contributed by atoms with Gasteiger partial charge in [0, 0.05) is 0 Å². The van der Waals surface area contributed by atoms with E-state index in [4.69, 9.17) is 15.3 Å². The van der Waals surface area contributed by atoms with Crippen molar-refractivity contribution in [3.8, 4) is 0 Å². The first-order valence-corrected chi connectivity index (χ1v) is 3.32. The van der Waals surface area contributed by atoms with Crippen LogP contribution in [0.25, 0.3) is 0 Å². The van der Waals surface area contributed by atoms with Gasteiger partial charge in [-0.05, 0) is 0 Å². The van der Waals surface area contributed by atoms with Gasteiger partial charge in [-0.3, -0.25) is 4.79 Å². The van der Waals surface area contributed by atoms with Gasteiger partial charge in [-0.25, -0.2) is 9.59 Å². The zero-order valence-corrected chi connectivity index (χ0v) is 7.43. The van der Waals surface area contributed by atoms with Gasteiger partial charge in [0.25, 0.3) is 0 Å². The topological polar surface area (TPSA) is 164 Å². The smallest absolute Gasteiger partial charge is 0.341 e. The van der Waals surface area contributed by atoms with Crippen LogP contribution in [0.5, 0.6) is 0 Å². The van der Waals surface area contributed by atoms with E-state index in [0.29, 0.717) is 0 Å². The fourth-order valence-electron chi connectivity index (χ4n) is 0.707. The summed E-state index contributed by atoms with van der Waals surface area (Å²) in [5.41, 5.74) is -4.06. The van der Waals surface area contributed by atoms with Gasteiger partial charge in [0.2, 0.25) is 5.60 Å². The van der Waals surface area contributed by atoms with Crippen LogP contribution in [-0.2, 0) is 14.4 Å². The second-order valence-electron chi connectivity index (χ2n) is 2.52. The lowest BCUT2D eigenvalue weighted by Gasteiger charge is -2.20. The van der Waals surface area contributed by atoms with Gasteiger partial charge in [-0.1, -0.05) is 6.58 Å². The van der Waals surface area contributed by atoms with Crippen LogP contribution in [0, 0.1) is 0 Å². The molecule has 0 fully saturated rings. The van der Waals surface area contributed by atoms with Crippen LogP contribution in [0.4, 0.5) is 0 Å². The molecule has 0 saturated heterocycles. The van der Waals surface area contributed by atoms with E-state index in [1.165, 1.54) is 0 Å². The average Bonchev–Trinajstić information content (AvgIpc) is 2.00. The molecule has 0 aromatic carbocycles. The van der Waals surface area contributed by atoms with Crippen molar-refractivity contribution < 1.29 is 40.3 Å². The number of rotatable bonds is 5. The molecule has 8 nitrogen and oxygen atoms in total. The lowest BCUT2D eigenvalue weighted by molar-refractivity contribution is -0.163. The van der Waals surface area contributed by atoms with Crippen LogP contribution in [0.3, 0.4) is 0 Å². The molecule has 0 radical (unpaired) electrons. The fourth-order valence-corrected chi connectivity index (χ4v) is 0.707. The summed E-state index contributed by atoms with van der Waals surface area (Å²) in [6.45, 7) is 2.81. The number of aliphatic carboxylic acids is 3. The van der Waals surface area contributed by atoms with Crippen molar-refractivity contribution in [1.82, 2.24) is 0 Å². The SMILES string of the molecule is C=C(C(=O)O)C(O)(CC(=O)O)C(=O)O.O. The second kappa shape index (κ2) is 5.08. The van der Waals surface area contributed by atoms with E-state index in [2.05, 4.69) is 6.58 Å². The molecule has 0 amide bonds. The average molecular weight is 222 g/mol. The maximum Gasteiger partial charge on any atom is 0.341 e. The second-order valence-corrected chi connectivity index (χ2v) is 2.52. The zero-order chi connectivity index (χ0) is 11.5. The molecule has 0 heterocycles. The normalized spacial score (nSPS) is 13.1. The summed E-state index contributed by atoms with van der Waals surface area (Å²) in [7, 11) is 0. The highest BCUT2D eigenvalue weighted by molar-refractivity contribution is 6.00. The van der Waals surface area contributed by atoms with Crippen LogP contribution < -0.4 is 0 Å². The maximum absolute atomic E-state index is 10.5. The molecule has 0 saturated carbocycles. The van der Waals surface area contributed by atoms with Gasteiger partial charge in [-0.2, -0.15) is 0 Å². The molecule has 0 aliphatic rings. The minimum absolute atomic E-state index is 0. The Labute approximate surface area is 83.4 Å². The van der Waals surface area contributed by atoms with Gasteiger partial charge < -0.3 is 25.9 Å². The highest BCUT2D eigenvalue weighted by Crippen LogP contribution is 2.20. The van der Waals surface area contributed by atoms with E-state index in [0.717, 1.165) is 0 Å². The molecule has 0 bridgehead atoms. The van der Waals surface area contributed by atoms with Crippen molar-refractivity contribution in [3.63, 3.8) is 0 Å². The Morgan fingerprint density at radius 1 is 1.13 bits per heavy atom. The third-order valence-electron chi connectivity index (χ3n) is 1.52. The highest BCUT2D eigenvalue weighted by atomic mass is 16.4. The minimum Gasteiger partial charge on any atom is -0.481 e. The lowest BCUT2D eigenvalue weighted by Crippen LogP contribution is -2.44. The third kappa shape index (κ3) is 3.37. The number of carboxylic acids is 3. The van der Waals surface area contributed by atoms with Crippen LogP contribution >= 0.6 is 0 Å². The van der Waals surface area contributed by atoms with Crippen LogP contribution in [-0.4, -0.2) is 49.4 Å². The molecule has 8 heteroatoms. The Kier molecular flexibility index (Phi) is 5.26. The summed E-state index contributed by atoms with van der Waals surface area (Å²) >= 11 is 0. The molecule has 0 rings (SSSR count). The van der Waals surface area contributed by atoms with E-state index >= 15 is 0 Å². The van der Waals surface area contributed by atoms with Gasteiger partial charge in [0.05, 0.1) is 12.0 Å². The number of aliphatic hydroxyl groups is 1. The molecule has 0 spiro atoms. The van der Waals surface area contributed by atoms with Crippen molar-refractivity contribution in [1.29, 1.82) is 0 Å². The molecule has 0 aliphatic carbocycles. The summed E-state index contributed by atoms with van der Waals surface area (Å²) in [5, 5.41) is 34.3. The Morgan fingerprint density at radius 3 is 1.73 bits per heavy atom. The van der Waals surface area contributed by atoms with Crippen molar-refractivity contribution in [2.75, 3.05) is 0 Å². The first-order valence-electron chi connectivity index (χ1n) is 3.32. The van der Waals surface area contributed by atoms with Crippen molar-refractivity contribution >= 4 is 17.9 Å². The molecule has 0 aliphatic heterocycles. The standard InChI is InChI=1S/C7H8O7.H2O/c1-3(5(10)11)7(14,6(12)13)2-4(8)9;/h14H,1-2H2,(H,8,9)(H,10,11)(H,12,13);1H2. The lowest BCUT2D eigenvalue weighted by atomic mass is 9.91. The van der Waals surface area contributed by atoms with Gasteiger partial charge in [-0.15, -0.1) is 0 Å². The third-order valence-corrected chi connectivity index (χ3v) is 1.52. The quantitative estimate of drug-likeness (QED) is 0.394. The molecule has 1 atom stereocenters. The predicted octanol–water partition coefficient (Wildman–Crippen LogP) is -1.91. The summed E-state index contributed by atoms with van der Waals surface area (Å²) < 4.78 is 0. The molecular formula is C7H10O8. The first kappa shape index (κ1) is 15.5. The van der Waals surface area contributed by atoms with Gasteiger partial charge in [0.1, 0.15) is 0 Å². The number of carboxylic acid groups (broad SMARTS) is 3. The number of carbonyl (C=O) groups is 3. The minimum atomic E-state index is -2.97. The van der Waals surface area contributed by atoms with E-state index in [1.54, 1.807) is 0 Å². The molecule has 86 valence electrons. The summed E-state index contributed by atoms with van der Waals surface area (Å²) in [6.07, 6.45) is -1.26. The number of hydrogen-bond acceptors (Lipinski definition) is 4. The van der Waals surface area contributed by atoms with Crippen LogP contribution in [0.1, 0.15) is 6.42 Å². The Balaban J connectivity index is 0. The van der Waals surface area contributed by atoms with E-state index < -0.39 is 35.5 Å². The largest absolute Gasteiger partial charge is 0.481 e. The Bertz CT molecular complexity index is 306. The Hall–Kier alpha value is -1.93. The van der Waals surface area contributed by atoms with Crippen molar-refractivity contribution in [3.05, 3.63) is 12.2 Å². The molecule has 6 N–H and O–H groups in total. The maximum atomic E-state index is 10.5. The van der Waals surface area contributed by atoms with E-state index in [1.807, 2.05) is 0 Å². The fraction of sp³-hybridized carbons (Fsp3) is 0.286. The van der Waals surface area contributed by atoms with Crippen molar-refractivity contribution in [2.24, 2.45) is 0 Å². The molecule has 0 aromatic heterocycles. The number of hydrogen-bond donors (Lipinski definition) is 4. The molecule has 0 aromatic rings. The summed E-state index contributed by atoms with van der Waals surface area (Å²) in [6, 6.07) is 0. The molecule has 1 unspecified atom stereocenters. The van der Waals surface area contributed by atoms with Crippen LogP contribution in [0.15, 0.2) is 12.2 Å². The van der Waals surface area contributed by atoms with Crippen LogP contribution in [0.2, 0.25) is 0 Å². The monoisotopic (exact) mass is 222 g/mol.